The van der Waals surface area contributed by atoms with Crippen molar-refractivity contribution >= 4 is 11.9 Å². The maximum Gasteiger partial charge on any atom is 0.323 e. The van der Waals surface area contributed by atoms with E-state index in [0.29, 0.717) is 17.9 Å². The van der Waals surface area contributed by atoms with Crippen LogP contribution < -0.4 is 9.47 Å². The SMILES string of the molecule is COC(=O)C1(C(=O)OC)CC1c1ccc2c(c1)OCO2. The fourth-order valence-corrected chi connectivity index (χ4v) is 2.69. The summed E-state index contributed by atoms with van der Waals surface area (Å²) >= 11 is 0. The van der Waals surface area contributed by atoms with Crippen molar-refractivity contribution in [2.75, 3.05) is 21.0 Å². The van der Waals surface area contributed by atoms with Crippen molar-refractivity contribution < 1.29 is 28.5 Å². The Kier molecular flexibility index (Phi) is 2.81. The van der Waals surface area contributed by atoms with Crippen molar-refractivity contribution in [2.45, 2.75) is 12.3 Å². The number of ether oxygens (including phenoxy) is 4. The second-order valence-electron chi connectivity index (χ2n) is 4.82. The fraction of sp³-hybridized carbons (Fsp3) is 0.429. The Morgan fingerprint density at radius 3 is 2.45 bits per heavy atom. The van der Waals surface area contributed by atoms with E-state index in [4.69, 9.17) is 18.9 Å². The van der Waals surface area contributed by atoms with Crippen LogP contribution in [0, 0.1) is 5.41 Å². The zero-order valence-electron chi connectivity index (χ0n) is 11.2. The number of fused-ring (bicyclic) bond motifs is 1. The monoisotopic (exact) mass is 278 g/mol. The number of carbonyl (C=O) groups is 2. The molecule has 1 atom stereocenters. The Bertz CT molecular complexity index is 563. The Balaban J connectivity index is 1.92. The average Bonchev–Trinajstić information content (AvgIpc) is 3.07. The highest BCUT2D eigenvalue weighted by molar-refractivity contribution is 6.05. The van der Waals surface area contributed by atoms with Gasteiger partial charge in [-0.3, -0.25) is 9.59 Å². The smallest absolute Gasteiger partial charge is 0.323 e. The zero-order valence-corrected chi connectivity index (χ0v) is 11.2. The molecule has 3 rings (SSSR count). The van der Waals surface area contributed by atoms with Crippen LogP contribution in [-0.4, -0.2) is 33.0 Å². The molecule has 0 radical (unpaired) electrons. The van der Waals surface area contributed by atoms with Crippen LogP contribution in [0.4, 0.5) is 0 Å². The van der Waals surface area contributed by atoms with Gasteiger partial charge in [-0.05, 0) is 24.1 Å². The molecule has 1 aromatic rings. The van der Waals surface area contributed by atoms with Gasteiger partial charge >= 0.3 is 11.9 Å². The van der Waals surface area contributed by atoms with Crippen LogP contribution in [0.3, 0.4) is 0 Å². The van der Waals surface area contributed by atoms with Crippen molar-refractivity contribution in [2.24, 2.45) is 5.41 Å². The Morgan fingerprint density at radius 2 is 1.80 bits per heavy atom. The first kappa shape index (κ1) is 12.8. The molecule has 20 heavy (non-hydrogen) atoms. The van der Waals surface area contributed by atoms with E-state index in [1.54, 1.807) is 12.1 Å². The highest BCUT2D eigenvalue weighted by Crippen LogP contribution is 2.61. The van der Waals surface area contributed by atoms with Gasteiger partial charge < -0.3 is 18.9 Å². The molecule has 0 N–H and O–H groups in total. The van der Waals surface area contributed by atoms with E-state index in [2.05, 4.69) is 0 Å². The first-order chi connectivity index (χ1) is 9.63. The van der Waals surface area contributed by atoms with E-state index >= 15 is 0 Å². The van der Waals surface area contributed by atoms with Crippen LogP contribution >= 0.6 is 0 Å². The molecular formula is C14H14O6. The van der Waals surface area contributed by atoms with Gasteiger partial charge in [0.1, 0.15) is 0 Å². The second kappa shape index (κ2) is 4.40. The van der Waals surface area contributed by atoms with E-state index in [1.807, 2.05) is 6.07 Å². The molecular weight excluding hydrogens is 264 g/mol. The molecule has 0 saturated heterocycles. The highest BCUT2D eigenvalue weighted by atomic mass is 16.7. The summed E-state index contributed by atoms with van der Waals surface area (Å²) in [6.45, 7) is 0.183. The number of hydrogen-bond acceptors (Lipinski definition) is 6. The van der Waals surface area contributed by atoms with Gasteiger partial charge in [-0.25, -0.2) is 0 Å². The third-order valence-corrected chi connectivity index (χ3v) is 3.86. The molecule has 6 nitrogen and oxygen atoms in total. The summed E-state index contributed by atoms with van der Waals surface area (Å²) < 4.78 is 20.0. The lowest BCUT2D eigenvalue weighted by atomic mass is 9.99. The molecule has 1 unspecified atom stereocenters. The van der Waals surface area contributed by atoms with E-state index in [-0.39, 0.29) is 12.7 Å². The minimum absolute atomic E-state index is 0.183. The quantitative estimate of drug-likeness (QED) is 0.612. The molecule has 1 aromatic carbocycles. The molecule has 6 heteroatoms. The van der Waals surface area contributed by atoms with Crippen LogP contribution in [-0.2, 0) is 19.1 Å². The van der Waals surface area contributed by atoms with Crippen LogP contribution in [0.25, 0.3) is 0 Å². The van der Waals surface area contributed by atoms with Gasteiger partial charge in [0.15, 0.2) is 16.9 Å². The lowest BCUT2D eigenvalue weighted by molar-refractivity contribution is -0.161. The van der Waals surface area contributed by atoms with Gasteiger partial charge in [0.2, 0.25) is 6.79 Å². The predicted octanol–water partition coefficient (Wildman–Crippen LogP) is 1.23. The van der Waals surface area contributed by atoms with Gasteiger partial charge in [0.05, 0.1) is 14.2 Å². The van der Waals surface area contributed by atoms with E-state index in [1.165, 1.54) is 14.2 Å². The molecule has 106 valence electrons. The normalized spacial score (nSPS) is 21.2. The summed E-state index contributed by atoms with van der Waals surface area (Å²) in [6, 6.07) is 5.39. The van der Waals surface area contributed by atoms with Gasteiger partial charge in [0.25, 0.3) is 0 Å². The summed E-state index contributed by atoms with van der Waals surface area (Å²) in [4.78, 5) is 23.9. The molecule has 1 saturated carbocycles. The second-order valence-corrected chi connectivity index (χ2v) is 4.82. The van der Waals surface area contributed by atoms with Gasteiger partial charge in [-0.15, -0.1) is 0 Å². The molecule has 1 heterocycles. The average molecular weight is 278 g/mol. The Morgan fingerprint density at radius 1 is 1.15 bits per heavy atom. The first-order valence-electron chi connectivity index (χ1n) is 6.20. The number of rotatable bonds is 3. The summed E-state index contributed by atoms with van der Waals surface area (Å²) in [7, 11) is 2.53. The summed E-state index contributed by atoms with van der Waals surface area (Å²) in [5.41, 5.74) is -0.387. The van der Waals surface area contributed by atoms with Crippen molar-refractivity contribution in [3.05, 3.63) is 23.8 Å². The maximum atomic E-state index is 11.9. The highest BCUT2D eigenvalue weighted by Gasteiger charge is 2.68. The van der Waals surface area contributed by atoms with Gasteiger partial charge in [-0.2, -0.15) is 0 Å². The number of carbonyl (C=O) groups excluding carboxylic acids is 2. The standard InChI is InChI=1S/C14H14O6/c1-17-12(15)14(13(16)18-2)6-9(14)8-3-4-10-11(5-8)20-7-19-10/h3-5,9H,6-7H2,1-2H3. The van der Waals surface area contributed by atoms with Crippen LogP contribution in [0.2, 0.25) is 0 Å². The third-order valence-electron chi connectivity index (χ3n) is 3.86. The lowest BCUT2D eigenvalue weighted by Crippen LogP contribution is -2.30. The number of benzene rings is 1. The van der Waals surface area contributed by atoms with Crippen molar-refractivity contribution in [3.63, 3.8) is 0 Å². The van der Waals surface area contributed by atoms with Crippen LogP contribution in [0.15, 0.2) is 18.2 Å². The predicted molar refractivity (Wildman–Crippen MR) is 66.4 cm³/mol. The van der Waals surface area contributed by atoms with Crippen molar-refractivity contribution in [1.82, 2.24) is 0 Å². The van der Waals surface area contributed by atoms with Crippen molar-refractivity contribution in [3.8, 4) is 11.5 Å². The maximum absolute atomic E-state index is 11.9. The van der Waals surface area contributed by atoms with Gasteiger partial charge in [-0.1, -0.05) is 6.07 Å². The molecule has 0 amide bonds. The summed E-state index contributed by atoms with van der Waals surface area (Å²) in [6.07, 6.45) is 0.381. The van der Waals surface area contributed by atoms with Crippen LogP contribution in [0.5, 0.6) is 11.5 Å². The fourth-order valence-electron chi connectivity index (χ4n) is 2.69. The van der Waals surface area contributed by atoms with Gasteiger partial charge in [0, 0.05) is 5.92 Å². The molecule has 1 aliphatic heterocycles. The van der Waals surface area contributed by atoms with E-state index in [0.717, 1.165) is 5.56 Å². The van der Waals surface area contributed by atoms with Crippen molar-refractivity contribution in [1.29, 1.82) is 0 Å². The number of esters is 2. The molecule has 2 aliphatic rings. The molecule has 0 aromatic heterocycles. The van der Waals surface area contributed by atoms with Crippen LogP contribution in [0.1, 0.15) is 17.9 Å². The first-order valence-corrected chi connectivity index (χ1v) is 6.20. The molecule has 1 fully saturated rings. The zero-order chi connectivity index (χ0) is 14.3. The Labute approximate surface area is 115 Å². The summed E-state index contributed by atoms with van der Waals surface area (Å²) in [5, 5.41) is 0. The summed E-state index contributed by atoms with van der Waals surface area (Å²) in [5.74, 6) is -0.0925. The molecule has 0 spiro atoms. The van der Waals surface area contributed by atoms with E-state index < -0.39 is 17.4 Å². The minimum Gasteiger partial charge on any atom is -0.468 e. The number of methoxy groups -OCH3 is 2. The molecule has 1 aliphatic carbocycles. The Hall–Kier alpha value is -2.24. The number of hydrogen-bond donors (Lipinski definition) is 0. The largest absolute Gasteiger partial charge is 0.468 e. The lowest BCUT2D eigenvalue weighted by Gasteiger charge is -2.12. The third kappa shape index (κ3) is 1.64. The van der Waals surface area contributed by atoms with E-state index in [9.17, 15) is 9.59 Å². The molecule has 0 bridgehead atoms. The topological polar surface area (TPSA) is 71.1 Å². The minimum atomic E-state index is -1.23.